The van der Waals surface area contributed by atoms with Gasteiger partial charge in [-0.3, -0.25) is 0 Å². The lowest BCUT2D eigenvalue weighted by atomic mass is 9.87. The van der Waals surface area contributed by atoms with Gasteiger partial charge in [0, 0.05) is 29.6 Å². The first-order valence-corrected chi connectivity index (χ1v) is 16.1. The standard InChI is InChI=1S/C36H34BrN5O5/c1-36(18-30(31(43)32(36)44)42-15-14-27-34(42)39-21-40-35(27)47-25-6-4-3-5-7-25)20-46-26-13-10-23-16-28(37)33(41-29(23)17-26)38-19-22-8-11-24(45-2)12-9-22/h3-17,21,30-32,43-44H,18-20H2,1-2H3,(H,38,41)/t30-,31?,32+,36-/m1/s1. The van der Waals surface area contributed by atoms with Crippen LogP contribution in [0.5, 0.6) is 23.1 Å². The fourth-order valence-corrected chi connectivity index (χ4v) is 6.63. The molecule has 0 aliphatic heterocycles. The van der Waals surface area contributed by atoms with E-state index in [0.29, 0.717) is 36.0 Å². The third-order valence-corrected chi connectivity index (χ3v) is 9.43. The summed E-state index contributed by atoms with van der Waals surface area (Å²) in [7, 11) is 1.65. The normalized spacial score (nSPS) is 20.8. The number of aliphatic hydroxyl groups is 2. The van der Waals surface area contributed by atoms with Crippen LogP contribution in [-0.2, 0) is 6.54 Å². The molecule has 3 heterocycles. The van der Waals surface area contributed by atoms with Gasteiger partial charge in [-0.25, -0.2) is 15.0 Å². The van der Waals surface area contributed by atoms with E-state index in [1.165, 1.54) is 6.33 Å². The molecule has 1 aliphatic rings. The molecule has 0 spiro atoms. The van der Waals surface area contributed by atoms with Crippen LogP contribution in [0.1, 0.15) is 24.9 Å². The lowest BCUT2D eigenvalue weighted by Crippen LogP contribution is -2.38. The highest BCUT2D eigenvalue weighted by atomic mass is 79.9. The predicted octanol–water partition coefficient (Wildman–Crippen LogP) is 6.91. The van der Waals surface area contributed by atoms with Crippen LogP contribution < -0.4 is 19.5 Å². The van der Waals surface area contributed by atoms with E-state index in [9.17, 15) is 10.2 Å². The van der Waals surface area contributed by atoms with Gasteiger partial charge >= 0.3 is 0 Å². The van der Waals surface area contributed by atoms with E-state index in [1.54, 1.807) is 7.11 Å². The van der Waals surface area contributed by atoms with Crippen molar-refractivity contribution < 1.29 is 24.4 Å². The number of benzene rings is 3. The van der Waals surface area contributed by atoms with Crippen LogP contribution >= 0.6 is 15.9 Å². The molecule has 3 aromatic heterocycles. The highest BCUT2D eigenvalue weighted by Gasteiger charge is 2.51. The van der Waals surface area contributed by atoms with Gasteiger partial charge in [0.2, 0.25) is 5.88 Å². The molecular formula is C36H34BrN5O5. The molecule has 11 heteroatoms. The van der Waals surface area contributed by atoms with Crippen molar-refractivity contribution in [3.63, 3.8) is 0 Å². The lowest BCUT2D eigenvalue weighted by Gasteiger charge is -2.28. The van der Waals surface area contributed by atoms with E-state index in [4.69, 9.17) is 19.2 Å². The molecule has 6 aromatic rings. The molecule has 3 N–H and O–H groups in total. The van der Waals surface area contributed by atoms with Gasteiger partial charge in [-0.1, -0.05) is 37.3 Å². The van der Waals surface area contributed by atoms with Crippen molar-refractivity contribution in [3.05, 3.63) is 107 Å². The average molecular weight is 697 g/mol. The molecule has 0 radical (unpaired) electrons. The Morgan fingerprint density at radius 3 is 2.53 bits per heavy atom. The molecular weight excluding hydrogens is 662 g/mol. The van der Waals surface area contributed by atoms with Crippen LogP contribution in [0, 0.1) is 5.41 Å². The van der Waals surface area contributed by atoms with E-state index >= 15 is 0 Å². The minimum Gasteiger partial charge on any atom is -0.497 e. The molecule has 1 fully saturated rings. The Bertz CT molecular complexity index is 2020. The summed E-state index contributed by atoms with van der Waals surface area (Å²) in [5.41, 5.74) is 1.76. The third kappa shape index (κ3) is 6.21. The van der Waals surface area contributed by atoms with Gasteiger partial charge in [0.15, 0.2) is 0 Å². The van der Waals surface area contributed by atoms with Crippen molar-refractivity contribution >= 4 is 43.7 Å². The Labute approximate surface area is 280 Å². The number of aliphatic hydroxyl groups excluding tert-OH is 2. The van der Waals surface area contributed by atoms with Gasteiger partial charge in [0.1, 0.15) is 41.1 Å². The first-order chi connectivity index (χ1) is 22.8. The summed E-state index contributed by atoms with van der Waals surface area (Å²) >= 11 is 3.64. The van der Waals surface area contributed by atoms with E-state index in [0.717, 1.165) is 37.9 Å². The van der Waals surface area contributed by atoms with Crippen molar-refractivity contribution in [1.82, 2.24) is 19.5 Å². The smallest absolute Gasteiger partial charge is 0.231 e. The summed E-state index contributed by atoms with van der Waals surface area (Å²) < 4.78 is 20.3. The van der Waals surface area contributed by atoms with Crippen LogP contribution in [0.4, 0.5) is 5.82 Å². The van der Waals surface area contributed by atoms with Gasteiger partial charge < -0.3 is 34.3 Å². The number of anilines is 1. The van der Waals surface area contributed by atoms with Crippen LogP contribution in [0.25, 0.3) is 21.9 Å². The van der Waals surface area contributed by atoms with Crippen LogP contribution in [0.2, 0.25) is 0 Å². The molecule has 4 atom stereocenters. The maximum Gasteiger partial charge on any atom is 0.231 e. The monoisotopic (exact) mass is 695 g/mol. The van der Waals surface area contributed by atoms with Crippen molar-refractivity contribution in [2.45, 2.75) is 38.1 Å². The predicted molar refractivity (Wildman–Crippen MR) is 183 cm³/mol. The molecule has 47 heavy (non-hydrogen) atoms. The minimum atomic E-state index is -1.03. The summed E-state index contributed by atoms with van der Waals surface area (Å²) in [6.45, 7) is 2.73. The van der Waals surface area contributed by atoms with Gasteiger partial charge in [0.05, 0.1) is 41.2 Å². The number of hydrogen-bond donors (Lipinski definition) is 3. The van der Waals surface area contributed by atoms with Gasteiger partial charge in [-0.15, -0.1) is 0 Å². The number of nitrogens with one attached hydrogen (secondary N) is 1. The zero-order valence-corrected chi connectivity index (χ0v) is 27.5. The molecule has 1 saturated carbocycles. The molecule has 7 rings (SSSR count). The summed E-state index contributed by atoms with van der Waals surface area (Å²) in [5.74, 6) is 3.25. The van der Waals surface area contributed by atoms with Crippen LogP contribution in [0.3, 0.4) is 0 Å². The molecule has 0 bridgehead atoms. The number of fused-ring (bicyclic) bond motifs is 2. The minimum absolute atomic E-state index is 0.197. The third-order valence-electron chi connectivity index (χ3n) is 8.83. The zero-order chi connectivity index (χ0) is 32.5. The fraction of sp³-hybridized carbons (Fsp3) is 0.250. The first-order valence-electron chi connectivity index (χ1n) is 15.3. The summed E-state index contributed by atoms with van der Waals surface area (Å²) in [6.07, 6.45) is 1.73. The molecule has 1 unspecified atom stereocenters. The molecule has 10 nitrogen and oxygen atoms in total. The van der Waals surface area contributed by atoms with Crippen LogP contribution in [0.15, 0.2) is 102 Å². The van der Waals surface area contributed by atoms with Crippen molar-refractivity contribution in [3.8, 4) is 23.1 Å². The van der Waals surface area contributed by atoms with E-state index < -0.39 is 23.7 Å². The Kier molecular flexibility index (Phi) is 8.44. The number of para-hydroxylation sites is 1. The SMILES string of the molecule is COc1ccc(CNc2nc3cc(OC[C@@]4(C)C[C@@H](n5ccc6c(Oc7ccccc7)ncnc65)C(O)[C@@H]4O)ccc3cc2Br)cc1. The van der Waals surface area contributed by atoms with Crippen molar-refractivity contribution in [2.75, 3.05) is 19.0 Å². The molecule has 240 valence electrons. The Morgan fingerprint density at radius 1 is 0.957 bits per heavy atom. The number of halogens is 1. The summed E-state index contributed by atoms with van der Waals surface area (Å²) in [4.78, 5) is 13.7. The summed E-state index contributed by atoms with van der Waals surface area (Å²) in [5, 5.41) is 27.6. The van der Waals surface area contributed by atoms with Crippen molar-refractivity contribution in [2.24, 2.45) is 5.41 Å². The van der Waals surface area contributed by atoms with E-state index in [-0.39, 0.29) is 6.61 Å². The van der Waals surface area contributed by atoms with Crippen molar-refractivity contribution in [1.29, 1.82) is 0 Å². The van der Waals surface area contributed by atoms with E-state index in [1.807, 2.05) is 103 Å². The molecule has 1 aliphatic carbocycles. The second-order valence-corrected chi connectivity index (χ2v) is 12.9. The molecule has 0 amide bonds. The number of methoxy groups -OCH3 is 1. The topological polar surface area (TPSA) is 124 Å². The number of hydrogen-bond acceptors (Lipinski definition) is 9. The van der Waals surface area contributed by atoms with Gasteiger partial charge in [-0.05, 0) is 76.4 Å². The van der Waals surface area contributed by atoms with Gasteiger partial charge in [0.25, 0.3) is 0 Å². The lowest BCUT2D eigenvalue weighted by molar-refractivity contribution is -0.0364. The fourth-order valence-electron chi connectivity index (χ4n) is 6.16. The Morgan fingerprint density at radius 2 is 1.74 bits per heavy atom. The number of aromatic nitrogens is 4. The average Bonchev–Trinajstić information content (AvgIpc) is 3.62. The second-order valence-electron chi connectivity index (χ2n) is 12.1. The number of ether oxygens (including phenoxy) is 3. The summed E-state index contributed by atoms with van der Waals surface area (Å²) in [6, 6.07) is 26.5. The molecule has 3 aromatic carbocycles. The maximum atomic E-state index is 11.3. The molecule has 0 saturated heterocycles. The maximum absolute atomic E-state index is 11.3. The number of nitrogens with zero attached hydrogens (tertiary/aromatic N) is 4. The van der Waals surface area contributed by atoms with E-state index in [2.05, 4.69) is 31.2 Å². The number of rotatable bonds is 10. The quantitative estimate of drug-likeness (QED) is 0.140. The van der Waals surface area contributed by atoms with Crippen LogP contribution in [-0.4, -0.2) is 55.7 Å². The largest absolute Gasteiger partial charge is 0.497 e. The highest BCUT2D eigenvalue weighted by molar-refractivity contribution is 9.10. The number of pyridine rings is 1. The zero-order valence-electron chi connectivity index (χ0n) is 25.9. The first kappa shape index (κ1) is 30.9. The van der Waals surface area contributed by atoms with Gasteiger partial charge in [-0.2, -0.15) is 0 Å². The second kappa shape index (κ2) is 12.8. The Balaban J connectivity index is 1.06. The highest BCUT2D eigenvalue weighted by Crippen LogP contribution is 2.46. The Hall–Kier alpha value is -4.71.